The Morgan fingerprint density at radius 2 is 1.81 bits per heavy atom. The van der Waals surface area contributed by atoms with Crippen LogP contribution in [0, 0.1) is 0 Å². The van der Waals surface area contributed by atoms with E-state index in [9.17, 15) is 9.59 Å². The maximum absolute atomic E-state index is 11.6. The van der Waals surface area contributed by atoms with Crippen LogP contribution in [0.2, 0.25) is 0 Å². The Hall–Kier alpha value is -1.10. The highest BCUT2D eigenvalue weighted by atomic mass is 16.3. The molecule has 0 bridgehead atoms. The third kappa shape index (κ3) is 5.70. The van der Waals surface area contributed by atoms with Gasteiger partial charge in [-0.1, -0.05) is 0 Å². The van der Waals surface area contributed by atoms with Gasteiger partial charge in [0.25, 0.3) is 0 Å². The highest BCUT2D eigenvalue weighted by Crippen LogP contribution is 1.98. The summed E-state index contributed by atoms with van der Waals surface area (Å²) in [5, 5.41) is 11.3. The first-order chi connectivity index (χ1) is 7.54. The maximum Gasteiger partial charge on any atom is 0.223 e. The number of carbonyl (C=O) groups is 2. The number of nitrogens with zero attached hydrogens (tertiary/aromatic N) is 1. The molecule has 5 heteroatoms. The highest BCUT2D eigenvalue weighted by molar-refractivity contribution is 5.83. The molecule has 0 fully saturated rings. The van der Waals surface area contributed by atoms with E-state index >= 15 is 0 Å². The summed E-state index contributed by atoms with van der Waals surface area (Å²) < 4.78 is 0. The fraction of sp³-hybridized carbons (Fsp3) is 0.818. The van der Waals surface area contributed by atoms with Gasteiger partial charge in [0.2, 0.25) is 11.8 Å². The number of aliphatic hydroxyl groups is 1. The quantitative estimate of drug-likeness (QED) is 0.653. The van der Waals surface area contributed by atoms with Crippen molar-refractivity contribution in [3.8, 4) is 0 Å². The molecule has 0 spiro atoms. The van der Waals surface area contributed by atoms with E-state index < -0.39 is 0 Å². The first-order valence-electron chi connectivity index (χ1n) is 5.73. The number of hydrogen-bond donors (Lipinski definition) is 2. The Kier molecular flexibility index (Phi) is 7.54. The molecule has 0 aliphatic heterocycles. The molecule has 0 aromatic carbocycles. The summed E-state index contributed by atoms with van der Waals surface area (Å²) in [6.07, 6.45) is 0.408. The minimum Gasteiger partial charge on any atom is -0.394 e. The molecule has 0 aromatic rings. The van der Waals surface area contributed by atoms with Gasteiger partial charge in [-0.25, -0.2) is 0 Å². The van der Waals surface area contributed by atoms with E-state index in [1.807, 2.05) is 13.8 Å². The SMILES string of the molecule is CCN(CC)C(=O)CCC(=O)NC(C)CO. The van der Waals surface area contributed by atoms with Crippen molar-refractivity contribution in [2.45, 2.75) is 39.7 Å². The molecule has 5 nitrogen and oxygen atoms in total. The third-order valence-corrected chi connectivity index (χ3v) is 2.36. The van der Waals surface area contributed by atoms with Crippen LogP contribution < -0.4 is 5.32 Å². The summed E-state index contributed by atoms with van der Waals surface area (Å²) in [6.45, 7) is 6.79. The van der Waals surface area contributed by atoms with E-state index in [0.717, 1.165) is 0 Å². The second kappa shape index (κ2) is 8.10. The monoisotopic (exact) mass is 230 g/mol. The lowest BCUT2D eigenvalue weighted by atomic mass is 10.2. The van der Waals surface area contributed by atoms with E-state index in [2.05, 4.69) is 5.32 Å². The predicted molar refractivity (Wildman–Crippen MR) is 61.9 cm³/mol. The zero-order valence-corrected chi connectivity index (χ0v) is 10.3. The van der Waals surface area contributed by atoms with Crippen LogP contribution in [0.25, 0.3) is 0 Å². The number of rotatable bonds is 7. The van der Waals surface area contributed by atoms with Crippen LogP contribution >= 0.6 is 0 Å². The maximum atomic E-state index is 11.6. The minimum absolute atomic E-state index is 0.00296. The highest BCUT2D eigenvalue weighted by Gasteiger charge is 2.12. The van der Waals surface area contributed by atoms with Crippen LogP contribution in [0.5, 0.6) is 0 Å². The van der Waals surface area contributed by atoms with Gasteiger partial charge in [0.1, 0.15) is 0 Å². The molecule has 16 heavy (non-hydrogen) atoms. The fourth-order valence-electron chi connectivity index (χ4n) is 1.35. The predicted octanol–water partition coefficient (Wildman–Crippen LogP) is 0.132. The lowest BCUT2D eigenvalue weighted by Crippen LogP contribution is -2.36. The van der Waals surface area contributed by atoms with Crippen molar-refractivity contribution in [2.75, 3.05) is 19.7 Å². The number of hydrogen-bond acceptors (Lipinski definition) is 3. The summed E-state index contributed by atoms with van der Waals surface area (Å²) in [5.41, 5.74) is 0. The molecule has 0 rings (SSSR count). The summed E-state index contributed by atoms with van der Waals surface area (Å²) >= 11 is 0. The Bertz CT molecular complexity index is 227. The first-order valence-corrected chi connectivity index (χ1v) is 5.73. The zero-order chi connectivity index (χ0) is 12.6. The normalized spacial score (nSPS) is 12.0. The molecule has 1 atom stereocenters. The van der Waals surface area contributed by atoms with Crippen LogP contribution in [0.15, 0.2) is 0 Å². The fourth-order valence-corrected chi connectivity index (χ4v) is 1.35. The number of aliphatic hydroxyl groups excluding tert-OH is 1. The average molecular weight is 230 g/mol. The molecule has 0 radical (unpaired) electrons. The smallest absolute Gasteiger partial charge is 0.223 e. The van der Waals surface area contributed by atoms with Crippen molar-refractivity contribution >= 4 is 11.8 Å². The average Bonchev–Trinajstić information content (AvgIpc) is 2.27. The molecule has 0 aromatic heterocycles. The van der Waals surface area contributed by atoms with E-state index in [4.69, 9.17) is 5.11 Å². The Labute approximate surface area is 96.8 Å². The molecular formula is C11H22N2O3. The lowest BCUT2D eigenvalue weighted by Gasteiger charge is -2.18. The van der Waals surface area contributed by atoms with Crippen molar-refractivity contribution in [1.29, 1.82) is 0 Å². The number of nitrogens with one attached hydrogen (secondary N) is 1. The summed E-state index contributed by atoms with van der Waals surface area (Å²) in [4.78, 5) is 24.6. The largest absolute Gasteiger partial charge is 0.394 e. The van der Waals surface area contributed by atoms with Crippen molar-refractivity contribution < 1.29 is 14.7 Å². The van der Waals surface area contributed by atoms with E-state index in [1.54, 1.807) is 11.8 Å². The van der Waals surface area contributed by atoms with Crippen LogP contribution in [0.3, 0.4) is 0 Å². The summed E-state index contributed by atoms with van der Waals surface area (Å²) in [6, 6.07) is -0.254. The minimum atomic E-state index is -0.254. The van der Waals surface area contributed by atoms with Gasteiger partial charge in [-0.2, -0.15) is 0 Å². The number of amides is 2. The molecular weight excluding hydrogens is 208 g/mol. The molecule has 0 aliphatic carbocycles. The van der Waals surface area contributed by atoms with Crippen LogP contribution in [0.1, 0.15) is 33.6 Å². The van der Waals surface area contributed by atoms with Crippen LogP contribution in [0.4, 0.5) is 0 Å². The second-order valence-corrected chi connectivity index (χ2v) is 3.72. The Morgan fingerprint density at radius 1 is 1.25 bits per heavy atom. The molecule has 2 amide bonds. The van der Waals surface area contributed by atoms with Crippen molar-refractivity contribution in [3.63, 3.8) is 0 Å². The molecule has 94 valence electrons. The van der Waals surface area contributed by atoms with Gasteiger partial charge in [-0.05, 0) is 20.8 Å². The van der Waals surface area contributed by atoms with Crippen molar-refractivity contribution in [2.24, 2.45) is 0 Å². The van der Waals surface area contributed by atoms with E-state index in [1.165, 1.54) is 0 Å². The third-order valence-electron chi connectivity index (χ3n) is 2.36. The summed E-state index contributed by atoms with van der Waals surface area (Å²) in [5.74, 6) is -0.196. The molecule has 0 heterocycles. The molecule has 1 unspecified atom stereocenters. The standard InChI is InChI=1S/C11H22N2O3/c1-4-13(5-2)11(16)7-6-10(15)12-9(3)8-14/h9,14H,4-8H2,1-3H3,(H,12,15). The lowest BCUT2D eigenvalue weighted by molar-refractivity contribution is -0.133. The number of carbonyl (C=O) groups excluding carboxylic acids is 2. The Morgan fingerprint density at radius 3 is 2.25 bits per heavy atom. The molecule has 0 saturated carbocycles. The molecule has 0 aliphatic rings. The van der Waals surface area contributed by atoms with E-state index in [-0.39, 0.29) is 37.3 Å². The van der Waals surface area contributed by atoms with Crippen LogP contribution in [-0.4, -0.2) is 47.6 Å². The van der Waals surface area contributed by atoms with Crippen molar-refractivity contribution in [1.82, 2.24) is 10.2 Å². The van der Waals surface area contributed by atoms with Gasteiger partial charge >= 0.3 is 0 Å². The van der Waals surface area contributed by atoms with Gasteiger partial charge in [-0.3, -0.25) is 9.59 Å². The first kappa shape index (κ1) is 14.9. The molecule has 2 N–H and O–H groups in total. The van der Waals surface area contributed by atoms with Gasteiger partial charge in [-0.15, -0.1) is 0 Å². The zero-order valence-electron chi connectivity index (χ0n) is 10.3. The van der Waals surface area contributed by atoms with Crippen LogP contribution in [-0.2, 0) is 9.59 Å². The van der Waals surface area contributed by atoms with E-state index in [0.29, 0.717) is 13.1 Å². The topological polar surface area (TPSA) is 69.6 Å². The Balaban J connectivity index is 3.87. The molecule has 0 saturated heterocycles. The second-order valence-electron chi connectivity index (χ2n) is 3.72. The van der Waals surface area contributed by atoms with Gasteiger partial charge in [0.05, 0.1) is 6.61 Å². The van der Waals surface area contributed by atoms with Crippen molar-refractivity contribution in [3.05, 3.63) is 0 Å². The van der Waals surface area contributed by atoms with Gasteiger partial charge in [0, 0.05) is 32.0 Å². The van der Waals surface area contributed by atoms with Gasteiger partial charge < -0.3 is 15.3 Å². The summed E-state index contributed by atoms with van der Waals surface area (Å²) in [7, 11) is 0. The van der Waals surface area contributed by atoms with Gasteiger partial charge in [0.15, 0.2) is 0 Å².